The second kappa shape index (κ2) is 10.0. The molecule has 5 rings (SSSR count). The molecule has 37 heavy (non-hydrogen) atoms. The quantitative estimate of drug-likeness (QED) is 0.242. The molecular weight excluding hydrogens is 502 g/mol. The van der Waals surface area contributed by atoms with Crippen LogP contribution in [0.5, 0.6) is 11.5 Å². The number of pyridine rings is 1. The first-order valence-corrected chi connectivity index (χ1v) is 11.7. The van der Waals surface area contributed by atoms with Crippen LogP contribution in [0.4, 0.5) is 24.4 Å². The minimum absolute atomic E-state index is 0.0872. The molecule has 3 heterocycles. The number of nitrogens with one attached hydrogen (secondary N) is 3. The van der Waals surface area contributed by atoms with E-state index in [4.69, 9.17) is 10.5 Å². The van der Waals surface area contributed by atoms with Crippen LogP contribution in [0.15, 0.2) is 66.3 Å². The number of H-pyrrole nitrogens is 1. The van der Waals surface area contributed by atoms with Crippen molar-refractivity contribution < 1.29 is 23.1 Å². The number of amides is 3. The van der Waals surface area contributed by atoms with E-state index in [0.717, 1.165) is 6.07 Å². The minimum Gasteiger partial charge on any atom is -0.453 e. The molecule has 5 aromatic rings. The zero-order valence-electron chi connectivity index (χ0n) is 18.9. The number of carbonyl (C=O) groups excluding carboxylic acids is 2. The molecule has 0 fully saturated rings. The number of carbonyl (C=O) groups is 2. The molecule has 0 atom stereocenters. The molecule has 0 saturated heterocycles. The fourth-order valence-corrected chi connectivity index (χ4v) is 4.19. The lowest BCUT2D eigenvalue weighted by Crippen LogP contribution is -2.35. The van der Waals surface area contributed by atoms with Crippen LogP contribution in [0.2, 0.25) is 0 Å². The monoisotopic (exact) mass is 520 g/mol. The molecule has 0 aliphatic rings. The topological polar surface area (TPSA) is 135 Å². The Kier molecular flexibility index (Phi) is 6.47. The number of benzene rings is 2. The lowest BCUT2D eigenvalue weighted by Gasteiger charge is -2.11. The van der Waals surface area contributed by atoms with E-state index < -0.39 is 23.6 Å². The first-order valence-electron chi connectivity index (χ1n) is 10.9. The number of hydrogen-bond donors (Lipinski definition) is 4. The smallest absolute Gasteiger partial charge is 0.325 e. The second-order valence-corrected chi connectivity index (χ2v) is 8.75. The van der Waals surface area contributed by atoms with Crippen molar-refractivity contribution >= 4 is 45.1 Å². The summed E-state index contributed by atoms with van der Waals surface area (Å²) in [5, 5.41) is 7.35. The maximum Gasteiger partial charge on any atom is 0.325 e. The Morgan fingerprint density at radius 2 is 1.89 bits per heavy atom. The van der Waals surface area contributed by atoms with Crippen LogP contribution in [-0.4, -0.2) is 26.9 Å². The average molecular weight is 521 g/mol. The summed E-state index contributed by atoms with van der Waals surface area (Å²) in [5.41, 5.74) is 8.26. The third-order valence-corrected chi connectivity index (χ3v) is 5.95. The normalized spacial score (nSPS) is 10.9. The first kappa shape index (κ1) is 23.9. The Balaban J connectivity index is 1.28. The van der Waals surface area contributed by atoms with Gasteiger partial charge in [-0.1, -0.05) is 12.1 Å². The van der Waals surface area contributed by atoms with E-state index in [2.05, 4.69) is 25.6 Å². The van der Waals surface area contributed by atoms with E-state index in [1.165, 1.54) is 53.9 Å². The first-order chi connectivity index (χ1) is 17.9. The van der Waals surface area contributed by atoms with Gasteiger partial charge in [0.2, 0.25) is 5.91 Å². The minimum atomic E-state index is -0.837. The molecular formula is C25H18F2N6O3S. The third kappa shape index (κ3) is 5.38. The molecule has 0 spiro atoms. The molecule has 2 aromatic carbocycles. The number of rotatable bonds is 6. The number of nitrogen functional groups attached to an aromatic ring is 1. The summed E-state index contributed by atoms with van der Waals surface area (Å²) in [4.78, 5) is 35.8. The van der Waals surface area contributed by atoms with Gasteiger partial charge in [-0.05, 0) is 35.9 Å². The Bertz CT molecular complexity index is 1620. The van der Waals surface area contributed by atoms with E-state index in [1.807, 2.05) is 0 Å². The third-order valence-electron chi connectivity index (χ3n) is 5.27. The van der Waals surface area contributed by atoms with Gasteiger partial charge in [0.25, 0.3) is 0 Å². The summed E-state index contributed by atoms with van der Waals surface area (Å²) < 4.78 is 33.7. The Labute approximate surface area is 212 Å². The molecule has 3 amide bonds. The lowest BCUT2D eigenvalue weighted by molar-refractivity contribution is -0.119. The SMILES string of the molecule is Nc1nc(-c2c[nH]c3nccc(Oc4ccc(NC(=O)NC(=O)Cc5ccc(F)cc5)cc4F)c23)cs1. The summed E-state index contributed by atoms with van der Waals surface area (Å²) in [6, 6.07) is 9.94. The van der Waals surface area contributed by atoms with Crippen molar-refractivity contribution in [2.45, 2.75) is 6.42 Å². The summed E-state index contributed by atoms with van der Waals surface area (Å²) in [5.74, 6) is -1.51. The van der Waals surface area contributed by atoms with Crippen LogP contribution in [0, 0.1) is 11.6 Å². The Morgan fingerprint density at radius 3 is 2.62 bits per heavy atom. The van der Waals surface area contributed by atoms with Gasteiger partial charge in [-0.25, -0.2) is 23.5 Å². The van der Waals surface area contributed by atoms with Gasteiger partial charge in [-0.2, -0.15) is 0 Å². The second-order valence-electron chi connectivity index (χ2n) is 7.86. The zero-order valence-corrected chi connectivity index (χ0v) is 19.7. The van der Waals surface area contributed by atoms with Crippen LogP contribution in [0.25, 0.3) is 22.3 Å². The molecule has 0 bridgehead atoms. The maximum absolute atomic E-state index is 14.9. The fraction of sp³-hybridized carbons (Fsp3) is 0.0400. The lowest BCUT2D eigenvalue weighted by atomic mass is 10.1. The van der Waals surface area contributed by atoms with E-state index in [-0.39, 0.29) is 17.9 Å². The fourth-order valence-electron chi connectivity index (χ4n) is 3.63. The van der Waals surface area contributed by atoms with Gasteiger partial charge in [0.1, 0.15) is 17.2 Å². The van der Waals surface area contributed by atoms with Gasteiger partial charge in [0.05, 0.1) is 17.5 Å². The van der Waals surface area contributed by atoms with Gasteiger partial charge in [0.15, 0.2) is 16.7 Å². The largest absolute Gasteiger partial charge is 0.453 e. The highest BCUT2D eigenvalue weighted by Gasteiger charge is 2.17. The molecule has 0 aliphatic carbocycles. The van der Waals surface area contributed by atoms with E-state index in [0.29, 0.717) is 38.7 Å². The predicted octanol–water partition coefficient (Wildman–Crippen LogP) is 5.23. The van der Waals surface area contributed by atoms with Crippen molar-refractivity contribution in [2.75, 3.05) is 11.1 Å². The molecule has 0 radical (unpaired) electrons. The number of nitrogens with two attached hydrogens (primary N) is 1. The van der Waals surface area contributed by atoms with Crippen LogP contribution in [-0.2, 0) is 11.2 Å². The van der Waals surface area contributed by atoms with Crippen LogP contribution in [0.3, 0.4) is 0 Å². The summed E-state index contributed by atoms with van der Waals surface area (Å²) in [6.45, 7) is 0. The molecule has 12 heteroatoms. The number of nitrogens with zero attached hydrogens (tertiary/aromatic N) is 2. The van der Waals surface area contributed by atoms with Gasteiger partial charge in [0, 0.05) is 35.1 Å². The molecule has 0 unspecified atom stereocenters. The summed E-state index contributed by atoms with van der Waals surface area (Å²) >= 11 is 1.29. The molecule has 3 aromatic heterocycles. The number of hydrogen-bond acceptors (Lipinski definition) is 7. The summed E-state index contributed by atoms with van der Waals surface area (Å²) in [7, 11) is 0. The molecule has 186 valence electrons. The number of aromatic amines is 1. The maximum atomic E-state index is 14.9. The van der Waals surface area contributed by atoms with Gasteiger partial charge in [-0.3, -0.25) is 10.1 Å². The van der Waals surface area contributed by atoms with Gasteiger partial charge in [-0.15, -0.1) is 11.3 Å². The Hall–Kier alpha value is -4.84. The predicted molar refractivity (Wildman–Crippen MR) is 135 cm³/mol. The van der Waals surface area contributed by atoms with Gasteiger partial charge < -0.3 is 20.8 Å². The number of halogens is 2. The number of urea groups is 1. The van der Waals surface area contributed by atoms with Gasteiger partial charge >= 0.3 is 6.03 Å². The Morgan fingerprint density at radius 1 is 1.08 bits per heavy atom. The van der Waals surface area contributed by atoms with Crippen molar-refractivity contribution in [3.05, 3.63) is 83.5 Å². The van der Waals surface area contributed by atoms with Crippen molar-refractivity contribution in [2.24, 2.45) is 0 Å². The highest BCUT2D eigenvalue weighted by molar-refractivity contribution is 7.13. The molecule has 5 N–H and O–H groups in total. The van der Waals surface area contributed by atoms with Crippen molar-refractivity contribution in [1.82, 2.24) is 20.3 Å². The average Bonchev–Trinajstić information content (AvgIpc) is 3.48. The summed E-state index contributed by atoms with van der Waals surface area (Å²) in [6.07, 6.45) is 3.12. The molecule has 9 nitrogen and oxygen atoms in total. The highest BCUT2D eigenvalue weighted by atomic mass is 32.1. The van der Waals surface area contributed by atoms with Crippen molar-refractivity contribution in [1.29, 1.82) is 0 Å². The number of fused-ring (bicyclic) bond motifs is 1. The zero-order chi connectivity index (χ0) is 25.9. The van der Waals surface area contributed by atoms with Crippen molar-refractivity contribution in [3.8, 4) is 22.8 Å². The van der Waals surface area contributed by atoms with E-state index in [1.54, 1.807) is 17.6 Å². The molecule has 0 aliphatic heterocycles. The molecule has 0 saturated carbocycles. The van der Waals surface area contributed by atoms with Crippen LogP contribution >= 0.6 is 11.3 Å². The number of anilines is 2. The number of thiazole rings is 1. The van der Waals surface area contributed by atoms with Crippen LogP contribution in [0.1, 0.15) is 5.56 Å². The highest BCUT2D eigenvalue weighted by Crippen LogP contribution is 2.38. The standard InChI is InChI=1S/C25H18F2N6O3S/c26-14-3-1-13(2-4-14)9-21(34)33-25(35)31-15-5-6-19(17(27)10-15)36-20-7-8-29-23-22(20)16(11-30-23)18-12-37-24(28)32-18/h1-8,10-12H,9H2,(H2,28,32)(H,29,30)(H2,31,33,34,35). The van der Waals surface area contributed by atoms with E-state index in [9.17, 15) is 18.4 Å². The van der Waals surface area contributed by atoms with Crippen LogP contribution < -0.4 is 21.1 Å². The number of aromatic nitrogens is 3. The number of imide groups is 1. The number of ether oxygens (including phenoxy) is 1. The van der Waals surface area contributed by atoms with Crippen molar-refractivity contribution in [3.63, 3.8) is 0 Å². The van der Waals surface area contributed by atoms with E-state index >= 15 is 0 Å².